The third-order valence-corrected chi connectivity index (χ3v) is 2.97. The van der Waals surface area contributed by atoms with Gasteiger partial charge < -0.3 is 15.4 Å². The maximum Gasteiger partial charge on any atom is 0.319 e. The minimum atomic E-state index is -0.285. The van der Waals surface area contributed by atoms with Crippen molar-refractivity contribution in [2.24, 2.45) is 0 Å². The van der Waals surface area contributed by atoms with Crippen LogP contribution in [0.4, 0.5) is 10.5 Å². The standard InChI is InChI=1S/C18H19N3O2/c1-14-5-8-16(9-6-14)21-18(22)19-11-3-4-12-23-17-10-7-15(2)20-13-17/h5-10,13H,11-12H2,1-2H3,(H2,19,21,22). The molecule has 2 rings (SSSR count). The second-order valence-corrected chi connectivity index (χ2v) is 4.95. The summed E-state index contributed by atoms with van der Waals surface area (Å²) in [7, 11) is 0. The maximum absolute atomic E-state index is 11.7. The fraction of sp³-hybridized carbons (Fsp3) is 0.222. The molecule has 0 fully saturated rings. The smallest absolute Gasteiger partial charge is 0.319 e. The molecule has 2 amide bonds. The molecule has 23 heavy (non-hydrogen) atoms. The number of pyridine rings is 1. The van der Waals surface area contributed by atoms with Crippen LogP contribution >= 0.6 is 0 Å². The maximum atomic E-state index is 11.7. The van der Waals surface area contributed by atoms with E-state index in [0.29, 0.717) is 5.75 Å². The van der Waals surface area contributed by atoms with E-state index in [9.17, 15) is 4.79 Å². The van der Waals surface area contributed by atoms with Gasteiger partial charge in [0.25, 0.3) is 0 Å². The summed E-state index contributed by atoms with van der Waals surface area (Å²) in [5, 5.41) is 5.39. The summed E-state index contributed by atoms with van der Waals surface area (Å²) >= 11 is 0. The average molecular weight is 309 g/mol. The minimum absolute atomic E-state index is 0.256. The number of nitrogens with one attached hydrogen (secondary N) is 2. The van der Waals surface area contributed by atoms with Gasteiger partial charge in [-0.2, -0.15) is 0 Å². The number of nitrogens with zero attached hydrogens (tertiary/aromatic N) is 1. The van der Waals surface area contributed by atoms with E-state index >= 15 is 0 Å². The Labute approximate surface area is 136 Å². The molecule has 2 aromatic rings. The summed E-state index contributed by atoms with van der Waals surface area (Å²) in [6.45, 7) is 4.42. The van der Waals surface area contributed by atoms with Crippen LogP contribution in [0.1, 0.15) is 11.3 Å². The molecular weight excluding hydrogens is 290 g/mol. The van der Waals surface area contributed by atoms with Crippen LogP contribution < -0.4 is 15.4 Å². The normalized spacial score (nSPS) is 9.48. The highest BCUT2D eigenvalue weighted by atomic mass is 16.5. The van der Waals surface area contributed by atoms with Crippen LogP contribution in [0, 0.1) is 25.7 Å². The molecule has 0 atom stereocenters. The molecule has 0 saturated heterocycles. The third kappa shape index (κ3) is 6.10. The summed E-state index contributed by atoms with van der Waals surface area (Å²) in [6, 6.07) is 11.0. The van der Waals surface area contributed by atoms with Crippen molar-refractivity contribution in [1.82, 2.24) is 10.3 Å². The Morgan fingerprint density at radius 2 is 1.91 bits per heavy atom. The van der Waals surface area contributed by atoms with Crippen molar-refractivity contribution in [2.45, 2.75) is 13.8 Å². The van der Waals surface area contributed by atoms with Gasteiger partial charge in [0.1, 0.15) is 12.4 Å². The Kier molecular flexibility index (Phi) is 6.01. The molecule has 0 aliphatic rings. The lowest BCUT2D eigenvalue weighted by atomic mass is 10.2. The number of rotatable bonds is 4. The Morgan fingerprint density at radius 1 is 1.13 bits per heavy atom. The number of carbonyl (C=O) groups excluding carboxylic acids is 1. The van der Waals surface area contributed by atoms with E-state index in [0.717, 1.165) is 16.9 Å². The second-order valence-electron chi connectivity index (χ2n) is 4.95. The highest BCUT2D eigenvalue weighted by molar-refractivity contribution is 5.89. The number of aromatic nitrogens is 1. The largest absolute Gasteiger partial charge is 0.479 e. The minimum Gasteiger partial charge on any atom is -0.479 e. The number of aryl methyl sites for hydroxylation is 2. The van der Waals surface area contributed by atoms with E-state index in [4.69, 9.17) is 4.74 Å². The number of hydrogen-bond acceptors (Lipinski definition) is 3. The lowest BCUT2D eigenvalue weighted by Crippen LogP contribution is -2.28. The van der Waals surface area contributed by atoms with Crippen molar-refractivity contribution in [1.29, 1.82) is 0 Å². The van der Waals surface area contributed by atoms with Gasteiger partial charge in [0.2, 0.25) is 0 Å². The number of anilines is 1. The van der Waals surface area contributed by atoms with Crippen LogP contribution in [0.5, 0.6) is 5.75 Å². The number of benzene rings is 1. The Hall–Kier alpha value is -3.00. The number of ether oxygens (including phenoxy) is 1. The highest BCUT2D eigenvalue weighted by Gasteiger charge is 1.98. The van der Waals surface area contributed by atoms with E-state index < -0.39 is 0 Å². The first-order chi connectivity index (χ1) is 11.1. The number of amides is 2. The van der Waals surface area contributed by atoms with Gasteiger partial charge in [0.05, 0.1) is 12.7 Å². The zero-order valence-electron chi connectivity index (χ0n) is 13.2. The summed E-state index contributed by atoms with van der Waals surface area (Å²) in [5.74, 6) is 6.33. The van der Waals surface area contributed by atoms with Crippen molar-refractivity contribution in [3.05, 3.63) is 53.9 Å². The number of urea groups is 1. The SMILES string of the molecule is Cc1ccc(NC(=O)NCC#CCOc2ccc(C)nc2)cc1. The van der Waals surface area contributed by atoms with Crippen LogP contribution in [0.3, 0.4) is 0 Å². The van der Waals surface area contributed by atoms with Crippen LogP contribution in [0.2, 0.25) is 0 Å². The Balaban J connectivity index is 1.65. The van der Waals surface area contributed by atoms with Gasteiger partial charge in [-0.05, 0) is 38.1 Å². The Morgan fingerprint density at radius 3 is 2.61 bits per heavy atom. The molecule has 1 heterocycles. The van der Waals surface area contributed by atoms with Crippen molar-refractivity contribution < 1.29 is 9.53 Å². The predicted molar refractivity (Wildman–Crippen MR) is 90.4 cm³/mol. The molecule has 0 saturated carbocycles. The average Bonchev–Trinajstić information content (AvgIpc) is 2.54. The van der Waals surface area contributed by atoms with Crippen molar-refractivity contribution in [3.8, 4) is 17.6 Å². The fourth-order valence-corrected chi connectivity index (χ4v) is 1.71. The summed E-state index contributed by atoms with van der Waals surface area (Å²) < 4.78 is 5.41. The first kappa shape index (κ1) is 16.4. The van der Waals surface area contributed by atoms with Gasteiger partial charge >= 0.3 is 6.03 Å². The van der Waals surface area contributed by atoms with Gasteiger partial charge in [-0.3, -0.25) is 4.98 Å². The topological polar surface area (TPSA) is 63.2 Å². The van der Waals surface area contributed by atoms with Crippen LogP contribution in [-0.4, -0.2) is 24.2 Å². The molecule has 0 radical (unpaired) electrons. The Bertz CT molecular complexity index is 698. The van der Waals surface area contributed by atoms with Crippen LogP contribution in [0.25, 0.3) is 0 Å². The van der Waals surface area contributed by atoms with Gasteiger partial charge in [-0.25, -0.2) is 4.79 Å². The zero-order valence-corrected chi connectivity index (χ0v) is 13.2. The van der Waals surface area contributed by atoms with E-state index in [1.54, 1.807) is 6.20 Å². The van der Waals surface area contributed by atoms with Crippen LogP contribution in [-0.2, 0) is 0 Å². The first-order valence-corrected chi connectivity index (χ1v) is 7.26. The van der Waals surface area contributed by atoms with E-state index in [2.05, 4.69) is 27.5 Å². The molecule has 2 N–H and O–H groups in total. The van der Waals surface area contributed by atoms with Gasteiger partial charge in [-0.15, -0.1) is 0 Å². The molecule has 5 heteroatoms. The van der Waals surface area contributed by atoms with E-state index in [-0.39, 0.29) is 19.2 Å². The quantitative estimate of drug-likeness (QED) is 0.854. The summed E-state index contributed by atoms with van der Waals surface area (Å²) in [5.41, 5.74) is 2.83. The molecule has 0 unspecified atom stereocenters. The molecule has 0 spiro atoms. The van der Waals surface area contributed by atoms with Crippen molar-refractivity contribution in [3.63, 3.8) is 0 Å². The fourth-order valence-electron chi connectivity index (χ4n) is 1.71. The van der Waals surface area contributed by atoms with Gasteiger partial charge in [-0.1, -0.05) is 29.5 Å². The van der Waals surface area contributed by atoms with Gasteiger partial charge in [0, 0.05) is 11.4 Å². The molecule has 5 nitrogen and oxygen atoms in total. The second kappa shape index (κ2) is 8.44. The van der Waals surface area contributed by atoms with Crippen LogP contribution in [0.15, 0.2) is 42.6 Å². The van der Waals surface area contributed by atoms with Crippen molar-refractivity contribution in [2.75, 3.05) is 18.5 Å². The predicted octanol–water partition coefficient (Wildman–Crippen LogP) is 2.90. The molecular formula is C18H19N3O2. The monoisotopic (exact) mass is 309 g/mol. The molecule has 1 aromatic carbocycles. The van der Waals surface area contributed by atoms with Gasteiger partial charge in [0.15, 0.2) is 0 Å². The summed E-state index contributed by atoms with van der Waals surface area (Å²) in [4.78, 5) is 15.8. The molecule has 1 aromatic heterocycles. The number of carbonyl (C=O) groups is 1. The zero-order chi connectivity index (χ0) is 16.5. The van der Waals surface area contributed by atoms with Crippen molar-refractivity contribution >= 4 is 11.7 Å². The molecule has 118 valence electrons. The lowest BCUT2D eigenvalue weighted by molar-refractivity contribution is 0.253. The third-order valence-electron chi connectivity index (χ3n) is 2.97. The lowest BCUT2D eigenvalue weighted by Gasteiger charge is -2.05. The molecule has 0 aliphatic heterocycles. The molecule has 0 bridgehead atoms. The molecule has 0 aliphatic carbocycles. The number of hydrogen-bond donors (Lipinski definition) is 2. The highest BCUT2D eigenvalue weighted by Crippen LogP contribution is 2.08. The first-order valence-electron chi connectivity index (χ1n) is 7.26. The van der Waals surface area contributed by atoms with E-state index in [1.807, 2.05) is 50.2 Å². The summed E-state index contributed by atoms with van der Waals surface area (Å²) in [6.07, 6.45) is 1.66. The van der Waals surface area contributed by atoms with E-state index in [1.165, 1.54) is 0 Å².